The Labute approximate surface area is 125 Å². The first-order valence-corrected chi connectivity index (χ1v) is 6.81. The van der Waals surface area contributed by atoms with E-state index in [9.17, 15) is 4.39 Å². The van der Waals surface area contributed by atoms with E-state index in [1.54, 1.807) is 12.1 Å². The number of benzene rings is 2. The zero-order valence-electron chi connectivity index (χ0n) is 10.6. The highest BCUT2D eigenvalue weighted by Gasteiger charge is 2.10. The standard InChI is InChI=1S/C15H12BrFN2O/c16-14-11(10-18)6-7-13(15(14)17)19-8-9-20-12-4-2-1-3-5-12/h1-7,19H,8-9H2. The average molecular weight is 335 g/mol. The topological polar surface area (TPSA) is 45.0 Å². The van der Waals surface area contributed by atoms with E-state index in [0.29, 0.717) is 18.8 Å². The minimum Gasteiger partial charge on any atom is -0.492 e. The summed E-state index contributed by atoms with van der Waals surface area (Å²) in [4.78, 5) is 0. The fourth-order valence-electron chi connectivity index (χ4n) is 1.64. The quantitative estimate of drug-likeness (QED) is 0.842. The first-order chi connectivity index (χ1) is 9.72. The molecule has 0 unspecified atom stereocenters. The maximum Gasteiger partial charge on any atom is 0.161 e. The molecule has 0 atom stereocenters. The van der Waals surface area contributed by atoms with Gasteiger partial charge < -0.3 is 10.1 Å². The third-order valence-electron chi connectivity index (χ3n) is 2.63. The molecule has 0 radical (unpaired) electrons. The van der Waals surface area contributed by atoms with Crippen LogP contribution in [0, 0.1) is 17.1 Å². The molecule has 0 fully saturated rings. The van der Waals surface area contributed by atoms with Crippen molar-refractivity contribution < 1.29 is 9.13 Å². The molecule has 0 spiro atoms. The highest BCUT2D eigenvalue weighted by molar-refractivity contribution is 9.10. The van der Waals surface area contributed by atoms with Crippen molar-refractivity contribution in [3.05, 3.63) is 58.3 Å². The van der Waals surface area contributed by atoms with E-state index in [4.69, 9.17) is 10.00 Å². The molecule has 2 aromatic rings. The van der Waals surface area contributed by atoms with Crippen LogP contribution in [-0.2, 0) is 0 Å². The van der Waals surface area contributed by atoms with Crippen molar-refractivity contribution in [2.24, 2.45) is 0 Å². The van der Waals surface area contributed by atoms with Gasteiger partial charge in [-0.15, -0.1) is 0 Å². The lowest BCUT2D eigenvalue weighted by Gasteiger charge is -2.10. The van der Waals surface area contributed by atoms with E-state index in [0.717, 1.165) is 5.75 Å². The Kier molecular flexibility index (Phi) is 4.97. The summed E-state index contributed by atoms with van der Waals surface area (Å²) in [5, 5.41) is 11.7. The zero-order chi connectivity index (χ0) is 14.4. The Hall–Kier alpha value is -2.06. The smallest absolute Gasteiger partial charge is 0.161 e. The summed E-state index contributed by atoms with van der Waals surface area (Å²) in [6.07, 6.45) is 0. The van der Waals surface area contributed by atoms with Crippen LogP contribution in [0.5, 0.6) is 5.75 Å². The second-order valence-electron chi connectivity index (χ2n) is 3.99. The van der Waals surface area contributed by atoms with Gasteiger partial charge in [-0.2, -0.15) is 5.26 Å². The molecule has 5 heteroatoms. The molecule has 3 nitrogen and oxygen atoms in total. The number of nitrogens with zero attached hydrogens (tertiary/aromatic N) is 1. The second kappa shape index (κ2) is 6.92. The SMILES string of the molecule is N#Cc1ccc(NCCOc2ccccc2)c(F)c1Br. The molecule has 102 valence electrons. The van der Waals surface area contributed by atoms with Crippen molar-refractivity contribution in [3.8, 4) is 11.8 Å². The number of hydrogen-bond acceptors (Lipinski definition) is 3. The van der Waals surface area contributed by atoms with Crippen LogP contribution in [0.4, 0.5) is 10.1 Å². The van der Waals surface area contributed by atoms with Gasteiger partial charge >= 0.3 is 0 Å². The normalized spacial score (nSPS) is 9.85. The summed E-state index contributed by atoms with van der Waals surface area (Å²) < 4.78 is 19.6. The molecule has 0 saturated heterocycles. The Bertz CT molecular complexity index is 626. The van der Waals surface area contributed by atoms with Crippen molar-refractivity contribution in [2.75, 3.05) is 18.5 Å². The van der Waals surface area contributed by atoms with Crippen molar-refractivity contribution in [3.63, 3.8) is 0 Å². The third-order valence-corrected chi connectivity index (χ3v) is 3.41. The van der Waals surface area contributed by atoms with E-state index in [1.165, 1.54) is 0 Å². The number of ether oxygens (including phenoxy) is 1. The van der Waals surface area contributed by atoms with Gasteiger partial charge in [-0.05, 0) is 40.2 Å². The van der Waals surface area contributed by atoms with Crippen LogP contribution in [0.15, 0.2) is 46.9 Å². The van der Waals surface area contributed by atoms with E-state index < -0.39 is 5.82 Å². The van der Waals surface area contributed by atoms with E-state index >= 15 is 0 Å². The zero-order valence-corrected chi connectivity index (χ0v) is 12.2. The highest BCUT2D eigenvalue weighted by Crippen LogP contribution is 2.26. The van der Waals surface area contributed by atoms with Gasteiger partial charge in [0.05, 0.1) is 15.7 Å². The number of hydrogen-bond donors (Lipinski definition) is 1. The maximum absolute atomic E-state index is 13.9. The minimum atomic E-state index is -0.469. The fraction of sp³-hybridized carbons (Fsp3) is 0.133. The largest absolute Gasteiger partial charge is 0.492 e. The maximum atomic E-state index is 13.9. The Morgan fingerprint density at radius 3 is 2.65 bits per heavy atom. The molecule has 0 bridgehead atoms. The highest BCUT2D eigenvalue weighted by atomic mass is 79.9. The third kappa shape index (κ3) is 3.49. The summed E-state index contributed by atoms with van der Waals surface area (Å²) >= 11 is 3.07. The number of para-hydroxylation sites is 1. The first-order valence-electron chi connectivity index (χ1n) is 6.02. The minimum absolute atomic E-state index is 0.175. The predicted molar refractivity (Wildman–Crippen MR) is 79.2 cm³/mol. The van der Waals surface area contributed by atoms with Gasteiger partial charge in [0, 0.05) is 6.54 Å². The van der Waals surface area contributed by atoms with Gasteiger partial charge in [0.15, 0.2) is 5.82 Å². The van der Waals surface area contributed by atoms with E-state index in [-0.39, 0.29) is 10.0 Å². The molecule has 0 aliphatic heterocycles. The number of halogens is 2. The second-order valence-corrected chi connectivity index (χ2v) is 4.78. The van der Waals surface area contributed by atoms with Gasteiger partial charge in [-0.3, -0.25) is 0 Å². The van der Waals surface area contributed by atoms with Crippen molar-refractivity contribution in [1.82, 2.24) is 0 Å². The van der Waals surface area contributed by atoms with Crippen LogP contribution < -0.4 is 10.1 Å². The molecule has 20 heavy (non-hydrogen) atoms. The molecule has 2 aromatic carbocycles. The molecule has 0 aromatic heterocycles. The number of nitrogens with one attached hydrogen (secondary N) is 1. The van der Waals surface area contributed by atoms with Crippen LogP contribution in [0.1, 0.15) is 5.56 Å². The molecule has 0 aliphatic carbocycles. The van der Waals surface area contributed by atoms with Crippen LogP contribution in [0.2, 0.25) is 0 Å². The van der Waals surface area contributed by atoms with Crippen molar-refractivity contribution >= 4 is 21.6 Å². The molecule has 0 aliphatic rings. The van der Waals surface area contributed by atoms with Crippen LogP contribution in [0.25, 0.3) is 0 Å². The Morgan fingerprint density at radius 1 is 1.20 bits per heavy atom. The van der Waals surface area contributed by atoms with Crippen molar-refractivity contribution in [2.45, 2.75) is 0 Å². The van der Waals surface area contributed by atoms with Gasteiger partial charge in [-0.1, -0.05) is 18.2 Å². The number of anilines is 1. The lowest BCUT2D eigenvalue weighted by Crippen LogP contribution is -2.12. The first kappa shape index (κ1) is 14.4. The number of nitriles is 1. The summed E-state index contributed by atoms with van der Waals surface area (Å²) in [6.45, 7) is 0.880. The molecule has 0 heterocycles. The number of rotatable bonds is 5. The summed E-state index contributed by atoms with van der Waals surface area (Å²) in [5.41, 5.74) is 0.612. The van der Waals surface area contributed by atoms with Gasteiger partial charge in [0.25, 0.3) is 0 Å². The van der Waals surface area contributed by atoms with Crippen LogP contribution in [-0.4, -0.2) is 13.2 Å². The van der Waals surface area contributed by atoms with Gasteiger partial charge in [-0.25, -0.2) is 4.39 Å². The van der Waals surface area contributed by atoms with E-state index in [1.807, 2.05) is 36.4 Å². The van der Waals surface area contributed by atoms with Crippen LogP contribution >= 0.6 is 15.9 Å². The monoisotopic (exact) mass is 334 g/mol. The fourth-order valence-corrected chi connectivity index (χ4v) is 2.08. The summed E-state index contributed by atoms with van der Waals surface area (Å²) in [7, 11) is 0. The molecule has 0 saturated carbocycles. The van der Waals surface area contributed by atoms with Crippen LogP contribution in [0.3, 0.4) is 0 Å². The lowest BCUT2D eigenvalue weighted by atomic mass is 10.2. The van der Waals surface area contributed by atoms with Gasteiger partial charge in [0.1, 0.15) is 18.4 Å². The lowest BCUT2D eigenvalue weighted by molar-refractivity contribution is 0.332. The summed E-state index contributed by atoms with van der Waals surface area (Å²) in [6, 6.07) is 14.4. The molecular weight excluding hydrogens is 323 g/mol. The molecular formula is C15H12BrFN2O. The van der Waals surface area contributed by atoms with E-state index in [2.05, 4.69) is 21.2 Å². The Morgan fingerprint density at radius 2 is 1.95 bits per heavy atom. The Balaban J connectivity index is 1.89. The molecule has 2 rings (SSSR count). The molecule has 1 N–H and O–H groups in total. The summed E-state index contributed by atoms with van der Waals surface area (Å²) in [5.74, 6) is 0.305. The molecule has 0 amide bonds. The predicted octanol–water partition coefficient (Wildman–Crippen LogP) is 3.95. The van der Waals surface area contributed by atoms with Gasteiger partial charge in [0.2, 0.25) is 0 Å². The average Bonchev–Trinajstić information content (AvgIpc) is 2.49. The van der Waals surface area contributed by atoms with Crippen molar-refractivity contribution in [1.29, 1.82) is 5.26 Å².